The van der Waals surface area contributed by atoms with Gasteiger partial charge < -0.3 is 43.3 Å². The lowest BCUT2D eigenvalue weighted by molar-refractivity contribution is -0.265. The number of aliphatic hydroxyl groups excluding tert-OH is 1. The fourth-order valence-corrected chi connectivity index (χ4v) is 11.8. The number of fused-ring (bicyclic) bond motifs is 3. The van der Waals surface area contributed by atoms with Crippen LogP contribution in [0.2, 0.25) is 0 Å². The minimum absolute atomic E-state index is 0.0263. The third-order valence-corrected chi connectivity index (χ3v) is 16.0. The first-order valence-electron chi connectivity index (χ1n) is 25.5. The van der Waals surface area contributed by atoms with Crippen molar-refractivity contribution < 1.29 is 67.0 Å². The number of ketones is 3. The summed E-state index contributed by atoms with van der Waals surface area (Å²) in [5, 5.41) is 23.5. The van der Waals surface area contributed by atoms with E-state index in [-0.39, 0.29) is 67.3 Å². The summed E-state index contributed by atoms with van der Waals surface area (Å²) >= 11 is 0. The number of esters is 1. The summed E-state index contributed by atoms with van der Waals surface area (Å²) in [4.78, 5) is 72.3. The molecule has 4 rings (SSSR count). The molecule has 69 heavy (non-hydrogen) atoms. The van der Waals surface area contributed by atoms with Crippen LogP contribution in [0, 0.1) is 41.4 Å². The Balaban J connectivity index is 1.68. The van der Waals surface area contributed by atoms with Gasteiger partial charge in [-0.05, 0) is 107 Å². The van der Waals surface area contributed by atoms with Crippen LogP contribution in [-0.4, -0.2) is 140 Å². The highest BCUT2D eigenvalue weighted by atomic mass is 31.2. The van der Waals surface area contributed by atoms with Crippen LogP contribution in [0.3, 0.4) is 0 Å². The zero-order valence-corrected chi connectivity index (χ0v) is 44.5. The van der Waals surface area contributed by atoms with Crippen molar-refractivity contribution in [1.29, 1.82) is 0 Å². The second-order valence-corrected chi connectivity index (χ2v) is 24.1. The van der Waals surface area contributed by atoms with Crippen LogP contribution in [0.1, 0.15) is 132 Å². The lowest BCUT2D eigenvalue weighted by Gasteiger charge is -2.42. The maximum Gasteiger partial charge on any atom is 0.329 e. The molecule has 1 unspecified atom stereocenters. The number of amides is 1. The number of carbonyl (C=O) groups is 5. The number of ether oxygens (including phenoxy) is 5. The number of nitrogens with zero attached hydrogens (tertiary/aromatic N) is 1. The quantitative estimate of drug-likeness (QED) is 0.135. The fourth-order valence-electron chi connectivity index (χ4n) is 10.9. The lowest BCUT2D eigenvalue weighted by atomic mass is 9.78. The fraction of sp³-hybridized carbons (Fsp3) is 0.792. The molecule has 1 saturated carbocycles. The second kappa shape index (κ2) is 26.7. The number of aliphatic hydroxyl groups is 2. The Morgan fingerprint density at radius 2 is 1.55 bits per heavy atom. The van der Waals surface area contributed by atoms with E-state index in [1.165, 1.54) is 12.0 Å². The maximum absolute atomic E-state index is 14.5. The van der Waals surface area contributed by atoms with Gasteiger partial charge in [0.25, 0.3) is 11.7 Å². The predicted octanol–water partition coefficient (Wildman–Crippen LogP) is 7.82. The Labute approximate surface area is 412 Å². The van der Waals surface area contributed by atoms with Crippen LogP contribution in [0.4, 0.5) is 0 Å². The van der Waals surface area contributed by atoms with Crippen molar-refractivity contribution in [2.24, 2.45) is 41.4 Å². The van der Waals surface area contributed by atoms with Gasteiger partial charge in [0.1, 0.15) is 24.0 Å². The first-order chi connectivity index (χ1) is 32.4. The molecule has 3 aliphatic heterocycles. The Morgan fingerprint density at radius 1 is 0.841 bits per heavy atom. The van der Waals surface area contributed by atoms with Crippen molar-refractivity contribution >= 4 is 36.6 Å². The SMILES string of the molecule is CO[C@H]1C[C@@H]2CC[C@@H](C)[C@@](O)(O2)C(=O)C(=O)N2CCCC[C@H]2C(=O)O[C@H]([C@H](C)C[C@@H]2CC[C@@H](OP(C)(C)=O)[C@H](OC)C2)CC(=O)[C@H](C)CC(C)[C@H](O)[C@H](OC)C(=O)[C@H](C)C[C@@H](C)\C=C/C=C/C=C/1C. The molecule has 16 heteroatoms. The Kier molecular flexibility index (Phi) is 22.7. The first kappa shape index (κ1) is 58.7. The molecule has 392 valence electrons. The van der Waals surface area contributed by atoms with E-state index in [0.29, 0.717) is 57.8 Å². The topological polar surface area (TPSA) is 201 Å². The van der Waals surface area contributed by atoms with Crippen molar-refractivity contribution in [3.63, 3.8) is 0 Å². The molecule has 3 heterocycles. The van der Waals surface area contributed by atoms with E-state index in [4.69, 9.17) is 28.2 Å². The molecular weight excluding hydrogens is 906 g/mol. The van der Waals surface area contributed by atoms with Crippen LogP contribution < -0.4 is 0 Å². The smallest absolute Gasteiger partial charge is 0.329 e. The van der Waals surface area contributed by atoms with Crippen molar-refractivity contribution in [2.75, 3.05) is 41.2 Å². The normalized spacial score (nSPS) is 39.4. The van der Waals surface area contributed by atoms with Crippen molar-refractivity contribution in [2.45, 2.75) is 186 Å². The molecule has 0 aromatic heterocycles. The first-order valence-corrected chi connectivity index (χ1v) is 28.0. The van der Waals surface area contributed by atoms with Crippen LogP contribution in [0.5, 0.6) is 0 Å². The van der Waals surface area contributed by atoms with E-state index in [1.54, 1.807) is 48.3 Å². The predicted molar refractivity (Wildman–Crippen MR) is 263 cm³/mol. The van der Waals surface area contributed by atoms with Gasteiger partial charge in [-0.1, -0.05) is 71.9 Å². The molecule has 2 bridgehead atoms. The molecule has 0 aromatic rings. The van der Waals surface area contributed by atoms with Gasteiger partial charge in [0.15, 0.2) is 13.2 Å². The second-order valence-electron chi connectivity index (χ2n) is 21.4. The van der Waals surface area contributed by atoms with E-state index < -0.39 is 91.0 Å². The maximum atomic E-state index is 14.5. The van der Waals surface area contributed by atoms with Gasteiger partial charge >= 0.3 is 5.97 Å². The van der Waals surface area contributed by atoms with E-state index >= 15 is 0 Å². The molecular formula is C53H86NO14P. The van der Waals surface area contributed by atoms with E-state index in [9.17, 15) is 38.8 Å². The molecule has 3 fully saturated rings. The number of hydrogen-bond acceptors (Lipinski definition) is 14. The number of piperidine rings is 1. The number of rotatable bonds is 8. The highest BCUT2D eigenvalue weighted by Crippen LogP contribution is 2.45. The van der Waals surface area contributed by atoms with Gasteiger partial charge in [0.2, 0.25) is 5.79 Å². The van der Waals surface area contributed by atoms with Crippen molar-refractivity contribution in [3.05, 3.63) is 36.0 Å². The van der Waals surface area contributed by atoms with Gasteiger partial charge in [-0.25, -0.2) is 4.79 Å². The molecule has 4 aliphatic rings. The highest BCUT2D eigenvalue weighted by molar-refractivity contribution is 7.57. The molecule has 0 aromatic carbocycles. The molecule has 2 N–H and O–H groups in total. The van der Waals surface area contributed by atoms with Gasteiger partial charge in [0.05, 0.1) is 30.5 Å². The third-order valence-electron chi connectivity index (χ3n) is 15.2. The zero-order chi connectivity index (χ0) is 51.4. The minimum Gasteiger partial charge on any atom is -0.460 e. The molecule has 2 saturated heterocycles. The summed E-state index contributed by atoms with van der Waals surface area (Å²) < 4.78 is 48.3. The van der Waals surface area contributed by atoms with Crippen molar-refractivity contribution in [3.8, 4) is 0 Å². The van der Waals surface area contributed by atoms with E-state index in [0.717, 1.165) is 12.0 Å². The summed E-state index contributed by atoms with van der Waals surface area (Å²) in [7, 11) is 1.80. The van der Waals surface area contributed by atoms with E-state index in [1.807, 2.05) is 58.1 Å². The standard InChI is InChI=1S/C53H86NO14P/c1-32-18-14-13-15-19-33(2)44(63-8)30-40-23-21-38(7)53(61,67-40)50(58)51(59)54-25-17-16-20-41(54)52(60)66-45(35(4)28-39-22-24-43(46(29-39)64-9)68-69(11,12)62)31-42(55)34(3)27-37(6)48(57)49(65-10)47(56)36(5)26-32/h13-15,18-19,32,34-41,43-46,48-49,57,61H,16-17,20-31H2,1-12H3/b15-13+,18-14-,33-19+/t32-,34+,35+,36+,37?,38+,39-,40-,41-,43+,44-,45-,46+,48-,49+,53+/m0/s1. The number of Topliss-reactive ketones (excluding diaryl/α,β-unsaturated/α-hetero) is 3. The van der Waals surface area contributed by atoms with Gasteiger partial charge in [-0.3, -0.25) is 23.7 Å². The van der Waals surface area contributed by atoms with E-state index in [2.05, 4.69) is 0 Å². The summed E-state index contributed by atoms with van der Waals surface area (Å²) in [6.45, 7) is 16.2. The molecule has 15 nitrogen and oxygen atoms in total. The minimum atomic E-state index is -2.79. The monoisotopic (exact) mass is 992 g/mol. The summed E-state index contributed by atoms with van der Waals surface area (Å²) in [5.41, 5.74) is 0.880. The number of cyclic esters (lactones) is 1. The molecule has 1 aliphatic carbocycles. The summed E-state index contributed by atoms with van der Waals surface area (Å²) in [6, 6.07) is -1.14. The summed E-state index contributed by atoms with van der Waals surface area (Å²) in [6.07, 6.45) is 10.4. The Morgan fingerprint density at radius 3 is 2.20 bits per heavy atom. The summed E-state index contributed by atoms with van der Waals surface area (Å²) in [5.74, 6) is -8.23. The van der Waals surface area contributed by atoms with Crippen LogP contribution in [0.25, 0.3) is 0 Å². The van der Waals surface area contributed by atoms with Crippen LogP contribution in [0.15, 0.2) is 36.0 Å². The average Bonchev–Trinajstić information content (AvgIpc) is 3.30. The van der Waals surface area contributed by atoms with Gasteiger partial charge in [-0.2, -0.15) is 0 Å². The zero-order valence-electron chi connectivity index (χ0n) is 43.6. The number of hydrogen-bond donors (Lipinski definition) is 2. The van der Waals surface area contributed by atoms with Crippen molar-refractivity contribution in [1.82, 2.24) is 4.90 Å². The Bertz CT molecular complexity index is 1880. The van der Waals surface area contributed by atoms with Gasteiger partial charge in [0, 0.05) is 71.8 Å². The molecule has 16 atom stereocenters. The molecule has 0 radical (unpaired) electrons. The number of methoxy groups -OCH3 is 3. The highest BCUT2D eigenvalue weighted by Gasteiger charge is 2.53. The van der Waals surface area contributed by atoms with Crippen LogP contribution >= 0.6 is 7.37 Å². The molecule has 1 amide bonds. The van der Waals surface area contributed by atoms with Crippen LogP contribution in [-0.2, 0) is 56.7 Å². The average molecular weight is 992 g/mol. The largest absolute Gasteiger partial charge is 0.460 e. The Hall–Kier alpha value is -2.88. The number of carbonyl (C=O) groups excluding carboxylic acids is 5. The lowest BCUT2D eigenvalue weighted by Crippen LogP contribution is -2.61. The van der Waals surface area contributed by atoms with Gasteiger partial charge in [-0.15, -0.1) is 0 Å². The third kappa shape index (κ3) is 16.3. The molecule has 0 spiro atoms. The number of allylic oxidation sites excluding steroid dienone is 5.